The van der Waals surface area contributed by atoms with E-state index in [1.807, 2.05) is 24.3 Å². The van der Waals surface area contributed by atoms with E-state index in [0.717, 1.165) is 0 Å². The molecule has 0 aliphatic heterocycles. The number of benzene rings is 4. The van der Waals surface area contributed by atoms with Crippen molar-refractivity contribution in [2.24, 2.45) is 0 Å². The summed E-state index contributed by atoms with van der Waals surface area (Å²) in [5, 5.41) is 30.8. The van der Waals surface area contributed by atoms with Crippen LogP contribution in [0.2, 0.25) is 0 Å². The Labute approximate surface area is 179 Å². The van der Waals surface area contributed by atoms with Crippen molar-refractivity contribution < 1.29 is 15.3 Å². The minimum atomic E-state index is 0.0718. The molecule has 4 aromatic rings. The molecule has 0 bridgehead atoms. The zero-order valence-corrected chi connectivity index (χ0v) is 18.1. The molecule has 4 aromatic carbocycles. The van der Waals surface area contributed by atoms with Crippen LogP contribution in [0.4, 0.5) is 0 Å². The van der Waals surface area contributed by atoms with Crippen LogP contribution in [0.5, 0.6) is 17.2 Å². The van der Waals surface area contributed by atoms with E-state index in [1.165, 1.54) is 62.5 Å². The van der Waals surface area contributed by atoms with Crippen molar-refractivity contribution in [3.8, 4) is 17.2 Å². The van der Waals surface area contributed by atoms with Gasteiger partial charge >= 0.3 is 56.4 Å². The van der Waals surface area contributed by atoms with Gasteiger partial charge in [0.05, 0.1) is 0 Å². The SMILES string of the molecule is [O-]c1ccccc1.[O-]c1ccccc1.[O-]c1ccccc1.[Sn+3][c]1ccccc1. The topological polar surface area (TPSA) is 69.2 Å². The summed E-state index contributed by atoms with van der Waals surface area (Å²) in [6, 6.07) is 35.4. The Morgan fingerprint density at radius 1 is 0.357 bits per heavy atom. The molecule has 0 amide bonds. The molecule has 28 heavy (non-hydrogen) atoms. The Bertz CT molecular complexity index is 690. The van der Waals surface area contributed by atoms with Gasteiger partial charge in [0.1, 0.15) is 0 Å². The van der Waals surface area contributed by atoms with E-state index in [9.17, 15) is 15.3 Å². The van der Waals surface area contributed by atoms with E-state index in [-0.39, 0.29) is 17.2 Å². The van der Waals surface area contributed by atoms with Crippen molar-refractivity contribution in [1.29, 1.82) is 0 Å². The molecule has 0 spiro atoms. The predicted molar refractivity (Wildman–Crippen MR) is 109 cm³/mol. The van der Waals surface area contributed by atoms with Crippen LogP contribution >= 0.6 is 0 Å². The van der Waals surface area contributed by atoms with E-state index < -0.39 is 0 Å². The summed E-state index contributed by atoms with van der Waals surface area (Å²) in [5.74, 6) is 0.215. The first-order valence-electron chi connectivity index (χ1n) is 8.51. The van der Waals surface area contributed by atoms with E-state index in [1.54, 1.807) is 36.4 Å². The van der Waals surface area contributed by atoms with Gasteiger partial charge in [0, 0.05) is 0 Å². The average molecular weight is 475 g/mol. The van der Waals surface area contributed by atoms with Crippen LogP contribution in [0.15, 0.2) is 121 Å². The van der Waals surface area contributed by atoms with Gasteiger partial charge in [-0.25, -0.2) is 0 Å². The molecule has 0 saturated heterocycles. The van der Waals surface area contributed by atoms with E-state index >= 15 is 0 Å². The fraction of sp³-hybridized carbons (Fsp3) is 0. The number of hydrogen-bond acceptors (Lipinski definition) is 3. The van der Waals surface area contributed by atoms with Crippen LogP contribution in [-0.4, -0.2) is 22.5 Å². The zero-order chi connectivity index (χ0) is 20.5. The standard InChI is InChI=1S/3C6H6O.C6H5.Sn/c3*7-6-4-2-1-3-5-6;1-2-4-6-5-3-1;/h3*1-5,7H;1-5H;/q;;;;+3/p-3. The third kappa shape index (κ3) is 13.3. The van der Waals surface area contributed by atoms with Gasteiger partial charge in [-0.15, -0.1) is 17.2 Å². The molecule has 0 atom stereocenters. The van der Waals surface area contributed by atoms with Gasteiger partial charge in [-0.2, -0.15) is 0 Å². The maximum absolute atomic E-state index is 10.3. The van der Waals surface area contributed by atoms with Gasteiger partial charge in [-0.3, -0.25) is 0 Å². The van der Waals surface area contributed by atoms with Crippen molar-refractivity contribution >= 4 is 26.1 Å². The van der Waals surface area contributed by atoms with Crippen LogP contribution in [0.3, 0.4) is 0 Å². The normalized spacial score (nSPS) is 8.64. The first-order valence-corrected chi connectivity index (χ1v) is 9.93. The number of hydrogen-bond donors (Lipinski definition) is 0. The Balaban J connectivity index is 0.000000187. The van der Waals surface area contributed by atoms with E-state index in [0.29, 0.717) is 0 Å². The summed E-state index contributed by atoms with van der Waals surface area (Å²) in [6.45, 7) is 0. The molecule has 0 saturated carbocycles. The zero-order valence-electron chi connectivity index (χ0n) is 15.3. The van der Waals surface area contributed by atoms with Crippen LogP contribution in [0.1, 0.15) is 0 Å². The third-order valence-corrected chi connectivity index (χ3v) is 3.95. The predicted octanol–water partition coefficient (Wildman–Crippen LogP) is 2.76. The fourth-order valence-corrected chi connectivity index (χ4v) is 2.25. The van der Waals surface area contributed by atoms with E-state index in [4.69, 9.17) is 0 Å². The first-order chi connectivity index (χ1) is 13.6. The second-order valence-corrected chi connectivity index (χ2v) is 6.95. The molecule has 3 nitrogen and oxygen atoms in total. The van der Waals surface area contributed by atoms with Gasteiger partial charge in [-0.05, 0) is 0 Å². The molecule has 0 unspecified atom stereocenters. The molecular formula is C24H20O3Sn. The van der Waals surface area contributed by atoms with Gasteiger partial charge in [0.2, 0.25) is 0 Å². The summed E-state index contributed by atoms with van der Waals surface area (Å²) in [6.07, 6.45) is 0. The number of para-hydroxylation sites is 3. The molecule has 0 aromatic heterocycles. The van der Waals surface area contributed by atoms with Gasteiger partial charge in [0.15, 0.2) is 0 Å². The Morgan fingerprint density at radius 3 is 0.679 bits per heavy atom. The summed E-state index contributed by atoms with van der Waals surface area (Å²) < 4.78 is 1.41. The average Bonchev–Trinajstić information content (AvgIpc) is 2.72. The minimum absolute atomic E-state index is 0.0718. The number of rotatable bonds is 0. The molecule has 0 aliphatic rings. The maximum atomic E-state index is 10.3. The van der Waals surface area contributed by atoms with Gasteiger partial charge in [-0.1, -0.05) is 91.0 Å². The molecule has 4 heteroatoms. The molecule has 0 aliphatic carbocycles. The monoisotopic (exact) mass is 476 g/mol. The second-order valence-electron chi connectivity index (χ2n) is 5.31. The van der Waals surface area contributed by atoms with Crippen LogP contribution in [-0.2, 0) is 0 Å². The van der Waals surface area contributed by atoms with Crippen molar-refractivity contribution in [3.05, 3.63) is 121 Å². The quantitative estimate of drug-likeness (QED) is 0.368. The van der Waals surface area contributed by atoms with Crippen molar-refractivity contribution in [1.82, 2.24) is 0 Å². The molecule has 4 rings (SSSR count). The molecule has 0 N–H and O–H groups in total. The molecule has 0 radical (unpaired) electrons. The first kappa shape index (κ1) is 23.1. The summed E-state index contributed by atoms with van der Waals surface area (Å²) in [7, 11) is 0. The van der Waals surface area contributed by atoms with Crippen LogP contribution < -0.4 is 18.9 Å². The molecule has 0 heterocycles. The van der Waals surface area contributed by atoms with Crippen LogP contribution in [0, 0.1) is 0 Å². The van der Waals surface area contributed by atoms with Gasteiger partial charge in [0.25, 0.3) is 0 Å². The molecule has 0 fully saturated rings. The Kier molecular flexibility index (Phi) is 12.5. The van der Waals surface area contributed by atoms with Crippen molar-refractivity contribution in [2.45, 2.75) is 0 Å². The van der Waals surface area contributed by atoms with Crippen molar-refractivity contribution in [3.63, 3.8) is 0 Å². The molecular weight excluding hydrogens is 455 g/mol. The molecule has 138 valence electrons. The third-order valence-electron chi connectivity index (χ3n) is 3.00. The summed E-state index contributed by atoms with van der Waals surface area (Å²) in [4.78, 5) is 0. The van der Waals surface area contributed by atoms with Gasteiger partial charge < -0.3 is 15.3 Å². The fourth-order valence-electron chi connectivity index (χ4n) is 1.70. The second kappa shape index (κ2) is 15.2. The summed E-state index contributed by atoms with van der Waals surface area (Å²) >= 11 is 1.49. The Hall–Kier alpha value is -2.92. The van der Waals surface area contributed by atoms with Crippen LogP contribution in [0.25, 0.3) is 0 Å². The van der Waals surface area contributed by atoms with Crippen molar-refractivity contribution in [2.75, 3.05) is 0 Å². The summed E-state index contributed by atoms with van der Waals surface area (Å²) in [5.41, 5.74) is 0. The van der Waals surface area contributed by atoms with E-state index in [2.05, 4.69) is 24.3 Å². The Morgan fingerprint density at radius 2 is 0.571 bits per heavy atom.